The molecular formula is C111H80N6. The van der Waals surface area contributed by atoms with Crippen LogP contribution in [-0.4, -0.2) is 15.2 Å². The molecule has 554 valence electrons. The third kappa shape index (κ3) is 11.9. The number of benzene rings is 17. The highest BCUT2D eigenvalue weighted by Gasteiger charge is 2.39. The average molecular weight is 1500 g/mol. The fourth-order valence-corrected chi connectivity index (χ4v) is 18.9. The first-order chi connectivity index (χ1) is 57.8. The van der Waals surface area contributed by atoms with Gasteiger partial charge in [0.1, 0.15) is 0 Å². The van der Waals surface area contributed by atoms with Gasteiger partial charge in [0.25, 0.3) is 0 Å². The predicted octanol–water partition coefficient (Wildman–Crippen LogP) is 30.0. The lowest BCUT2D eigenvalue weighted by Gasteiger charge is -2.28. The highest BCUT2D eigenvalue weighted by Crippen LogP contribution is 2.54. The SMILES string of the molecule is CC1(C)c2cc(-c3ccc(N(c4ccc(-c5ccc(N(c6ccccc6)c6ccc7c(c6)C6C=CC=CC6N7c6ccccc6)cc5)cc4)c4ccc5c(c4)c4ccccc4n5-c4ccccc4)cc3)ccc2-c2ccc(N(c3ccc(-c4ccccc4)cc3)c3ccc(-c4ccc5c(c4)c4ccccc4n5-c4ccccc4)cc3)cc21. The van der Waals surface area contributed by atoms with Gasteiger partial charge in [0.15, 0.2) is 0 Å². The molecule has 0 radical (unpaired) electrons. The second-order valence-corrected chi connectivity index (χ2v) is 31.6. The van der Waals surface area contributed by atoms with Crippen LogP contribution in [0.5, 0.6) is 0 Å². The van der Waals surface area contributed by atoms with E-state index < -0.39 is 0 Å². The number of aromatic nitrogens is 2. The monoisotopic (exact) mass is 1500 g/mol. The molecule has 0 fully saturated rings. The molecule has 0 N–H and O–H groups in total. The number of allylic oxidation sites excluding steroid dienone is 2. The van der Waals surface area contributed by atoms with E-state index in [1.165, 1.54) is 105 Å². The molecular weight excluding hydrogens is 1420 g/mol. The molecule has 19 aromatic rings. The van der Waals surface area contributed by atoms with Gasteiger partial charge in [0.05, 0.1) is 28.1 Å². The van der Waals surface area contributed by atoms with Gasteiger partial charge < -0.3 is 28.7 Å². The summed E-state index contributed by atoms with van der Waals surface area (Å²) in [5.74, 6) is 0.234. The van der Waals surface area contributed by atoms with Gasteiger partial charge in [-0.3, -0.25) is 0 Å². The zero-order chi connectivity index (χ0) is 77.7. The van der Waals surface area contributed by atoms with E-state index >= 15 is 0 Å². The Kier molecular flexibility index (Phi) is 16.6. The summed E-state index contributed by atoms with van der Waals surface area (Å²) in [5.41, 5.74) is 34.8. The molecule has 0 saturated heterocycles. The molecule has 0 bridgehead atoms. The normalized spacial score (nSPS) is 14.2. The fraction of sp³-hybridized carbons (Fsp3) is 0.0450. The van der Waals surface area contributed by atoms with Crippen molar-refractivity contribution in [3.63, 3.8) is 0 Å². The Labute approximate surface area is 682 Å². The van der Waals surface area contributed by atoms with Crippen LogP contribution in [0.25, 0.3) is 111 Å². The van der Waals surface area contributed by atoms with E-state index in [2.05, 4.69) is 479 Å². The van der Waals surface area contributed by atoms with E-state index in [1.807, 2.05) is 0 Å². The van der Waals surface area contributed by atoms with Crippen LogP contribution in [0.3, 0.4) is 0 Å². The highest BCUT2D eigenvalue weighted by atomic mass is 15.2. The summed E-state index contributed by atoms with van der Waals surface area (Å²) in [5, 5.41) is 4.88. The molecule has 1 aliphatic heterocycles. The number of anilines is 11. The first-order valence-electron chi connectivity index (χ1n) is 40.6. The van der Waals surface area contributed by atoms with Crippen LogP contribution in [0.1, 0.15) is 36.5 Å². The Bertz CT molecular complexity index is 7050. The smallest absolute Gasteiger partial charge is 0.0629 e. The average Bonchev–Trinajstić information content (AvgIpc) is 1.54. The summed E-state index contributed by atoms with van der Waals surface area (Å²) < 4.78 is 4.77. The molecule has 0 saturated carbocycles. The molecule has 2 atom stereocenters. The van der Waals surface area contributed by atoms with Crippen molar-refractivity contribution in [3.05, 3.63) is 454 Å². The lowest BCUT2D eigenvalue weighted by Crippen LogP contribution is -2.28. The topological polar surface area (TPSA) is 22.8 Å². The van der Waals surface area contributed by atoms with Crippen molar-refractivity contribution in [2.24, 2.45) is 0 Å². The molecule has 6 heteroatoms. The van der Waals surface area contributed by atoms with E-state index in [1.54, 1.807) is 0 Å². The van der Waals surface area contributed by atoms with Crippen molar-refractivity contribution < 1.29 is 0 Å². The molecule has 6 nitrogen and oxygen atoms in total. The Hall–Kier alpha value is -15.0. The minimum absolute atomic E-state index is 0.208. The summed E-state index contributed by atoms with van der Waals surface area (Å²) >= 11 is 0. The van der Waals surface area contributed by atoms with Gasteiger partial charge in [-0.05, 0) is 260 Å². The van der Waals surface area contributed by atoms with Gasteiger partial charge in [0, 0.05) is 107 Å². The van der Waals surface area contributed by atoms with E-state index in [-0.39, 0.29) is 17.4 Å². The van der Waals surface area contributed by atoms with Crippen LogP contribution >= 0.6 is 0 Å². The first-order valence-corrected chi connectivity index (χ1v) is 40.6. The van der Waals surface area contributed by atoms with E-state index in [0.29, 0.717) is 0 Å². The molecule has 2 aromatic heterocycles. The highest BCUT2D eigenvalue weighted by molar-refractivity contribution is 6.12. The molecule has 22 rings (SSSR count). The zero-order valence-corrected chi connectivity index (χ0v) is 64.9. The van der Waals surface area contributed by atoms with Crippen molar-refractivity contribution in [1.29, 1.82) is 0 Å². The zero-order valence-electron chi connectivity index (χ0n) is 64.9. The van der Waals surface area contributed by atoms with E-state index in [9.17, 15) is 0 Å². The van der Waals surface area contributed by atoms with Gasteiger partial charge in [-0.2, -0.15) is 0 Å². The van der Waals surface area contributed by atoms with Crippen LogP contribution in [0, 0.1) is 0 Å². The summed E-state index contributed by atoms with van der Waals surface area (Å²) in [4.78, 5) is 9.73. The number of fused-ring (bicyclic) bond motifs is 12. The van der Waals surface area contributed by atoms with Crippen LogP contribution in [0.2, 0.25) is 0 Å². The summed E-state index contributed by atoms with van der Waals surface area (Å²) in [6, 6.07) is 152. The maximum absolute atomic E-state index is 2.50. The Morgan fingerprint density at radius 1 is 0.239 bits per heavy atom. The van der Waals surface area contributed by atoms with Crippen LogP contribution < -0.4 is 19.6 Å². The molecule has 2 unspecified atom stereocenters. The van der Waals surface area contributed by atoms with Crippen molar-refractivity contribution in [2.45, 2.75) is 31.2 Å². The number of rotatable bonds is 16. The maximum atomic E-state index is 2.50. The molecule has 117 heavy (non-hydrogen) atoms. The van der Waals surface area contributed by atoms with Crippen molar-refractivity contribution in [1.82, 2.24) is 9.13 Å². The lowest BCUT2D eigenvalue weighted by atomic mass is 9.81. The summed E-state index contributed by atoms with van der Waals surface area (Å²) in [6.45, 7) is 4.80. The van der Waals surface area contributed by atoms with Crippen LogP contribution in [0.15, 0.2) is 437 Å². The second kappa shape index (κ2) is 28.3. The lowest BCUT2D eigenvalue weighted by molar-refractivity contribution is 0.660. The van der Waals surface area contributed by atoms with E-state index in [0.717, 1.165) is 84.8 Å². The Morgan fingerprint density at radius 2 is 0.573 bits per heavy atom. The molecule has 3 aliphatic rings. The van der Waals surface area contributed by atoms with Gasteiger partial charge in [-0.15, -0.1) is 0 Å². The molecule has 0 spiro atoms. The minimum atomic E-state index is -0.314. The third-order valence-corrected chi connectivity index (χ3v) is 24.6. The molecule has 17 aromatic carbocycles. The van der Waals surface area contributed by atoms with E-state index in [4.69, 9.17) is 0 Å². The van der Waals surface area contributed by atoms with Gasteiger partial charge >= 0.3 is 0 Å². The van der Waals surface area contributed by atoms with Crippen LogP contribution in [-0.2, 0) is 5.41 Å². The summed E-state index contributed by atoms with van der Waals surface area (Å²) in [7, 11) is 0. The van der Waals surface area contributed by atoms with Gasteiger partial charge in [0.2, 0.25) is 0 Å². The quantitative estimate of drug-likeness (QED) is 0.0962. The first kappa shape index (κ1) is 68.8. The number of hydrogen-bond donors (Lipinski definition) is 0. The molecule has 2 aliphatic carbocycles. The third-order valence-electron chi connectivity index (χ3n) is 24.6. The Balaban J connectivity index is 0.583. The Morgan fingerprint density at radius 3 is 1.09 bits per heavy atom. The van der Waals surface area contributed by atoms with Gasteiger partial charge in [-0.1, -0.05) is 263 Å². The maximum Gasteiger partial charge on any atom is 0.0629 e. The van der Waals surface area contributed by atoms with Gasteiger partial charge in [-0.25, -0.2) is 0 Å². The standard InChI is InChI=1S/C111H80N6/c1-111(2)103-71-82(50-65-95(103)96-66-62-94(74-104(96)111)114(90-52-40-76(41-53-90)75-24-8-3-9-25-75)91-58-46-79(47-59-91)81-51-67-108-100(70-81)97-34-18-21-37-105(97)115(108)84-28-12-5-13-29-84)80-48-60-89(61-49-80)113(93-64-69-110-102(73-93)99-36-20-23-39-107(99)117(110)86-32-16-7-17-33-86)88-56-44-78(45-57-88)77-42-54-87(55-43-77)112(83-26-10-4-11-27-83)92-63-68-109-101(72-92)98-35-19-22-38-106(98)116(109)85-30-14-6-15-31-85/h3-74,98,106H,1-2H3. The summed E-state index contributed by atoms with van der Waals surface area (Å²) in [6.07, 6.45) is 9.10. The van der Waals surface area contributed by atoms with Crippen molar-refractivity contribution >= 4 is 106 Å². The molecule has 3 heterocycles. The largest absolute Gasteiger partial charge is 0.333 e. The van der Waals surface area contributed by atoms with Crippen LogP contribution in [0.4, 0.5) is 62.6 Å². The minimum Gasteiger partial charge on any atom is -0.333 e. The second-order valence-electron chi connectivity index (χ2n) is 31.6. The van der Waals surface area contributed by atoms with Crippen molar-refractivity contribution in [2.75, 3.05) is 19.6 Å². The fourth-order valence-electron chi connectivity index (χ4n) is 18.9. The number of hydrogen-bond acceptors (Lipinski definition) is 4. The number of para-hydroxylation sites is 6. The van der Waals surface area contributed by atoms with Crippen molar-refractivity contribution in [3.8, 4) is 67.0 Å². The number of nitrogens with zero attached hydrogens (tertiary/aromatic N) is 6. The predicted molar refractivity (Wildman–Crippen MR) is 492 cm³/mol. The molecule has 0 amide bonds.